The van der Waals surface area contributed by atoms with Crippen LogP contribution in [-0.2, 0) is 16.0 Å². The number of ether oxygens (including phenoxy) is 1. The minimum atomic E-state index is -0.305. The molecular formula is C13H16O2. The molecule has 0 fully saturated rings. The lowest BCUT2D eigenvalue weighted by Gasteiger charge is -2.07. The van der Waals surface area contributed by atoms with Gasteiger partial charge in [-0.15, -0.1) is 0 Å². The minimum Gasteiger partial charge on any atom is -0.463 e. The Morgan fingerprint density at radius 3 is 2.67 bits per heavy atom. The summed E-state index contributed by atoms with van der Waals surface area (Å²) in [7, 11) is 0. The molecule has 0 aliphatic heterocycles. The van der Waals surface area contributed by atoms with Crippen molar-refractivity contribution < 1.29 is 9.53 Å². The summed E-state index contributed by atoms with van der Waals surface area (Å²) in [5.74, 6) is -0.305. The van der Waals surface area contributed by atoms with Gasteiger partial charge in [-0.1, -0.05) is 30.8 Å². The Labute approximate surface area is 90.6 Å². The Morgan fingerprint density at radius 1 is 1.40 bits per heavy atom. The van der Waals surface area contributed by atoms with Crippen LogP contribution in [0, 0.1) is 6.92 Å². The van der Waals surface area contributed by atoms with Crippen LogP contribution < -0.4 is 0 Å². The Morgan fingerprint density at radius 2 is 2.07 bits per heavy atom. The van der Waals surface area contributed by atoms with Gasteiger partial charge in [-0.3, -0.25) is 0 Å². The van der Waals surface area contributed by atoms with E-state index in [9.17, 15) is 4.79 Å². The summed E-state index contributed by atoms with van der Waals surface area (Å²) in [5, 5.41) is 0. The van der Waals surface area contributed by atoms with Crippen molar-refractivity contribution in [2.24, 2.45) is 0 Å². The van der Waals surface area contributed by atoms with E-state index in [4.69, 9.17) is 4.74 Å². The van der Waals surface area contributed by atoms with Crippen molar-refractivity contribution in [1.82, 2.24) is 0 Å². The molecule has 0 bridgehead atoms. The predicted molar refractivity (Wildman–Crippen MR) is 60.7 cm³/mol. The number of carbonyl (C=O) groups excluding carboxylic acids is 1. The third kappa shape index (κ3) is 3.24. The lowest BCUT2D eigenvalue weighted by Crippen LogP contribution is -2.09. The number of rotatable bonds is 4. The maximum atomic E-state index is 11.3. The normalized spacial score (nSPS) is 9.73. The highest BCUT2D eigenvalue weighted by Gasteiger charge is 2.09. The second kappa shape index (κ2) is 5.35. The van der Waals surface area contributed by atoms with Crippen LogP contribution in [-0.4, -0.2) is 12.6 Å². The fraction of sp³-hybridized carbons (Fsp3) is 0.308. The highest BCUT2D eigenvalue weighted by molar-refractivity contribution is 5.88. The van der Waals surface area contributed by atoms with Crippen LogP contribution in [0.15, 0.2) is 36.4 Å². The van der Waals surface area contributed by atoms with Gasteiger partial charge in [0.1, 0.15) is 0 Å². The first-order valence-electron chi connectivity index (χ1n) is 5.04. The number of esters is 1. The van der Waals surface area contributed by atoms with Crippen LogP contribution in [0.4, 0.5) is 0 Å². The molecule has 2 heteroatoms. The van der Waals surface area contributed by atoms with Crippen molar-refractivity contribution >= 4 is 5.97 Å². The van der Waals surface area contributed by atoms with Crippen molar-refractivity contribution in [2.45, 2.75) is 20.3 Å². The standard InChI is InChI=1S/C13H16O2/c1-4-15-13(14)11(3)9-12-8-6-5-7-10(12)2/h5-8H,3-4,9H2,1-2H3. The van der Waals surface area contributed by atoms with Gasteiger partial charge in [0.25, 0.3) is 0 Å². The lowest BCUT2D eigenvalue weighted by molar-refractivity contribution is -0.138. The maximum absolute atomic E-state index is 11.3. The van der Waals surface area contributed by atoms with E-state index in [1.165, 1.54) is 5.56 Å². The summed E-state index contributed by atoms with van der Waals surface area (Å²) < 4.78 is 4.88. The first kappa shape index (κ1) is 11.5. The summed E-state index contributed by atoms with van der Waals surface area (Å²) >= 11 is 0. The molecule has 0 atom stereocenters. The zero-order valence-corrected chi connectivity index (χ0v) is 9.25. The molecule has 0 saturated carbocycles. The van der Waals surface area contributed by atoms with Gasteiger partial charge < -0.3 is 4.74 Å². The van der Waals surface area contributed by atoms with E-state index in [0.717, 1.165) is 5.56 Å². The molecule has 0 aromatic heterocycles. The molecule has 1 rings (SSSR count). The maximum Gasteiger partial charge on any atom is 0.333 e. The second-order valence-corrected chi connectivity index (χ2v) is 3.43. The summed E-state index contributed by atoms with van der Waals surface area (Å²) in [5.41, 5.74) is 2.80. The highest BCUT2D eigenvalue weighted by atomic mass is 16.5. The van der Waals surface area contributed by atoms with Crippen LogP contribution in [0.25, 0.3) is 0 Å². The average Bonchev–Trinajstić information content (AvgIpc) is 2.21. The predicted octanol–water partition coefficient (Wildman–Crippen LogP) is 2.66. The van der Waals surface area contributed by atoms with Gasteiger partial charge in [0, 0.05) is 12.0 Å². The largest absolute Gasteiger partial charge is 0.463 e. The van der Waals surface area contributed by atoms with Crippen molar-refractivity contribution in [3.63, 3.8) is 0 Å². The molecule has 1 aromatic carbocycles. The number of aryl methyl sites for hydroxylation is 1. The third-order valence-electron chi connectivity index (χ3n) is 2.23. The summed E-state index contributed by atoms with van der Waals surface area (Å²) in [6, 6.07) is 7.96. The number of benzene rings is 1. The first-order valence-corrected chi connectivity index (χ1v) is 5.04. The molecule has 0 unspecified atom stereocenters. The SMILES string of the molecule is C=C(Cc1ccccc1C)C(=O)OCC. The van der Waals surface area contributed by atoms with Crippen molar-refractivity contribution in [1.29, 1.82) is 0 Å². The zero-order chi connectivity index (χ0) is 11.3. The molecule has 15 heavy (non-hydrogen) atoms. The highest BCUT2D eigenvalue weighted by Crippen LogP contribution is 2.12. The quantitative estimate of drug-likeness (QED) is 0.556. The fourth-order valence-corrected chi connectivity index (χ4v) is 1.34. The molecule has 80 valence electrons. The third-order valence-corrected chi connectivity index (χ3v) is 2.23. The number of carbonyl (C=O) groups is 1. The van der Waals surface area contributed by atoms with Crippen LogP contribution in [0.3, 0.4) is 0 Å². The summed E-state index contributed by atoms with van der Waals surface area (Å²) in [6.45, 7) is 7.94. The molecule has 0 N–H and O–H groups in total. The Bertz CT molecular complexity index is 367. The van der Waals surface area contributed by atoms with Crippen molar-refractivity contribution in [3.8, 4) is 0 Å². The van der Waals surface area contributed by atoms with E-state index in [2.05, 4.69) is 6.58 Å². The van der Waals surface area contributed by atoms with E-state index < -0.39 is 0 Å². The van der Waals surface area contributed by atoms with Crippen LogP contribution in [0.2, 0.25) is 0 Å². The van der Waals surface area contributed by atoms with Gasteiger partial charge in [0.05, 0.1) is 6.61 Å². The minimum absolute atomic E-state index is 0.305. The molecule has 0 radical (unpaired) electrons. The molecule has 0 saturated heterocycles. The Balaban J connectivity index is 2.67. The van der Waals surface area contributed by atoms with Gasteiger partial charge in [-0.05, 0) is 25.0 Å². The molecule has 0 aliphatic rings. The molecule has 0 spiro atoms. The summed E-state index contributed by atoms with van der Waals surface area (Å²) in [6.07, 6.45) is 0.561. The monoisotopic (exact) mass is 204 g/mol. The molecule has 2 nitrogen and oxygen atoms in total. The van der Waals surface area contributed by atoms with Gasteiger partial charge >= 0.3 is 5.97 Å². The Kier molecular flexibility index (Phi) is 4.10. The molecular weight excluding hydrogens is 188 g/mol. The first-order chi connectivity index (χ1) is 7.15. The van der Waals surface area contributed by atoms with Crippen LogP contribution in [0.1, 0.15) is 18.1 Å². The summed E-state index contributed by atoms with van der Waals surface area (Å²) in [4.78, 5) is 11.3. The number of hydrogen-bond acceptors (Lipinski definition) is 2. The van der Waals surface area contributed by atoms with Crippen LogP contribution in [0.5, 0.6) is 0 Å². The Hall–Kier alpha value is -1.57. The van der Waals surface area contributed by atoms with E-state index >= 15 is 0 Å². The van der Waals surface area contributed by atoms with Gasteiger partial charge in [-0.25, -0.2) is 4.79 Å². The number of hydrogen-bond donors (Lipinski definition) is 0. The lowest BCUT2D eigenvalue weighted by atomic mass is 10.0. The molecule has 0 aliphatic carbocycles. The molecule has 1 aromatic rings. The average molecular weight is 204 g/mol. The topological polar surface area (TPSA) is 26.3 Å². The van der Waals surface area contributed by atoms with Gasteiger partial charge in [-0.2, -0.15) is 0 Å². The van der Waals surface area contributed by atoms with E-state index in [1.807, 2.05) is 31.2 Å². The van der Waals surface area contributed by atoms with Crippen molar-refractivity contribution in [2.75, 3.05) is 6.61 Å². The van der Waals surface area contributed by atoms with Crippen LogP contribution >= 0.6 is 0 Å². The van der Waals surface area contributed by atoms with Crippen molar-refractivity contribution in [3.05, 3.63) is 47.5 Å². The molecule has 0 amide bonds. The second-order valence-electron chi connectivity index (χ2n) is 3.43. The van der Waals surface area contributed by atoms with Gasteiger partial charge in [0.15, 0.2) is 0 Å². The zero-order valence-electron chi connectivity index (χ0n) is 9.25. The van der Waals surface area contributed by atoms with E-state index in [0.29, 0.717) is 18.6 Å². The smallest absolute Gasteiger partial charge is 0.333 e. The van der Waals surface area contributed by atoms with E-state index in [1.54, 1.807) is 6.92 Å². The molecule has 0 heterocycles. The fourth-order valence-electron chi connectivity index (χ4n) is 1.34. The van der Waals surface area contributed by atoms with E-state index in [-0.39, 0.29) is 5.97 Å². The van der Waals surface area contributed by atoms with Gasteiger partial charge in [0.2, 0.25) is 0 Å².